The van der Waals surface area contributed by atoms with Gasteiger partial charge in [-0.25, -0.2) is 0 Å². The van der Waals surface area contributed by atoms with Crippen molar-refractivity contribution in [1.29, 1.82) is 0 Å². The minimum absolute atomic E-state index is 0.176. The molecule has 0 atom stereocenters. The quantitative estimate of drug-likeness (QED) is 0.798. The van der Waals surface area contributed by atoms with Crippen LogP contribution < -0.4 is 15.2 Å². The standard InChI is InChI=1S/C11H7ClN2O3S/c12-6-3-8-7(16-4-17-8)1-5(6)2-9-10(15)14-11(13)18-9/h1-3H,4H2,(H2,13,14,15)/b9-2-. The van der Waals surface area contributed by atoms with E-state index in [1.165, 1.54) is 0 Å². The van der Waals surface area contributed by atoms with E-state index in [1.807, 2.05) is 0 Å². The lowest BCUT2D eigenvalue weighted by molar-refractivity contribution is -0.113. The highest BCUT2D eigenvalue weighted by atomic mass is 35.5. The van der Waals surface area contributed by atoms with Crippen molar-refractivity contribution >= 4 is 40.5 Å². The number of nitrogens with zero attached hydrogens (tertiary/aromatic N) is 1. The number of amides is 1. The van der Waals surface area contributed by atoms with Crippen LogP contribution in [0.1, 0.15) is 5.56 Å². The fourth-order valence-corrected chi connectivity index (χ4v) is 2.49. The van der Waals surface area contributed by atoms with Gasteiger partial charge in [0.1, 0.15) is 0 Å². The molecule has 2 aliphatic heterocycles. The summed E-state index contributed by atoms with van der Waals surface area (Å²) < 4.78 is 10.5. The molecule has 1 aromatic carbocycles. The maximum Gasteiger partial charge on any atom is 0.286 e. The minimum atomic E-state index is -0.355. The predicted octanol–water partition coefficient (Wildman–Crippen LogP) is 2.00. The Labute approximate surface area is 112 Å². The fourth-order valence-electron chi connectivity index (χ4n) is 1.61. The third-order valence-electron chi connectivity index (χ3n) is 2.42. The number of ether oxygens (including phenoxy) is 2. The topological polar surface area (TPSA) is 73.9 Å². The number of nitrogens with two attached hydrogens (primary N) is 1. The normalized spacial score (nSPS) is 19.5. The molecule has 92 valence electrons. The maximum atomic E-state index is 11.5. The average Bonchev–Trinajstić information content (AvgIpc) is 2.86. The van der Waals surface area contributed by atoms with Crippen molar-refractivity contribution in [1.82, 2.24) is 0 Å². The molecule has 1 amide bonds. The van der Waals surface area contributed by atoms with Gasteiger partial charge < -0.3 is 15.2 Å². The highest BCUT2D eigenvalue weighted by molar-refractivity contribution is 8.18. The van der Waals surface area contributed by atoms with Gasteiger partial charge >= 0.3 is 0 Å². The number of aliphatic imine (C=N–C) groups is 1. The highest BCUT2D eigenvalue weighted by Gasteiger charge is 2.21. The second kappa shape index (κ2) is 4.22. The SMILES string of the molecule is NC1=NC(=O)/C(=C/c2cc3c(cc2Cl)OCO3)S1. The number of hydrogen-bond donors (Lipinski definition) is 1. The number of benzene rings is 1. The summed E-state index contributed by atoms with van der Waals surface area (Å²) in [7, 11) is 0. The number of rotatable bonds is 1. The van der Waals surface area contributed by atoms with Crippen LogP contribution in [0.3, 0.4) is 0 Å². The Kier molecular flexibility index (Phi) is 2.68. The first-order chi connectivity index (χ1) is 8.63. The molecule has 5 nitrogen and oxygen atoms in total. The van der Waals surface area contributed by atoms with E-state index >= 15 is 0 Å². The lowest BCUT2D eigenvalue weighted by Crippen LogP contribution is -2.01. The average molecular weight is 283 g/mol. The van der Waals surface area contributed by atoms with Gasteiger partial charge in [0, 0.05) is 6.07 Å². The van der Waals surface area contributed by atoms with Crippen molar-refractivity contribution in [3.05, 3.63) is 27.6 Å². The molecule has 1 aromatic rings. The Bertz CT molecular complexity index is 613. The number of halogens is 1. The zero-order chi connectivity index (χ0) is 12.7. The molecule has 2 aliphatic rings. The van der Waals surface area contributed by atoms with E-state index in [1.54, 1.807) is 18.2 Å². The Balaban J connectivity index is 1.99. The first kappa shape index (κ1) is 11.4. The van der Waals surface area contributed by atoms with Crippen LogP contribution in [0, 0.1) is 0 Å². The molecule has 0 saturated carbocycles. The summed E-state index contributed by atoms with van der Waals surface area (Å²) in [6.45, 7) is 0.176. The van der Waals surface area contributed by atoms with Crippen LogP contribution in [-0.2, 0) is 4.79 Å². The number of carbonyl (C=O) groups is 1. The molecule has 0 spiro atoms. The summed E-state index contributed by atoms with van der Waals surface area (Å²) in [4.78, 5) is 15.5. The molecule has 2 N–H and O–H groups in total. The van der Waals surface area contributed by atoms with Crippen molar-refractivity contribution in [3.63, 3.8) is 0 Å². The summed E-state index contributed by atoms with van der Waals surface area (Å²) in [6, 6.07) is 3.38. The van der Waals surface area contributed by atoms with Gasteiger partial charge in [0.25, 0.3) is 5.91 Å². The number of carbonyl (C=O) groups excluding carboxylic acids is 1. The molecule has 0 saturated heterocycles. The molecule has 0 bridgehead atoms. The van der Waals surface area contributed by atoms with Crippen LogP contribution in [0.2, 0.25) is 5.02 Å². The summed E-state index contributed by atoms with van der Waals surface area (Å²) in [5.41, 5.74) is 6.14. The van der Waals surface area contributed by atoms with E-state index < -0.39 is 0 Å². The third-order valence-corrected chi connectivity index (χ3v) is 3.56. The summed E-state index contributed by atoms with van der Waals surface area (Å²) >= 11 is 7.22. The van der Waals surface area contributed by atoms with Crippen LogP contribution in [0.25, 0.3) is 6.08 Å². The Morgan fingerprint density at radius 2 is 2.11 bits per heavy atom. The van der Waals surface area contributed by atoms with Gasteiger partial charge in [-0.2, -0.15) is 4.99 Å². The molecule has 18 heavy (non-hydrogen) atoms. The first-order valence-corrected chi connectivity index (χ1v) is 6.20. The number of fused-ring (bicyclic) bond motifs is 1. The van der Waals surface area contributed by atoms with Crippen molar-refractivity contribution < 1.29 is 14.3 Å². The van der Waals surface area contributed by atoms with E-state index in [2.05, 4.69) is 4.99 Å². The van der Waals surface area contributed by atoms with Gasteiger partial charge in [-0.1, -0.05) is 11.6 Å². The minimum Gasteiger partial charge on any atom is -0.454 e. The van der Waals surface area contributed by atoms with Gasteiger partial charge in [0.15, 0.2) is 16.7 Å². The van der Waals surface area contributed by atoms with Gasteiger partial charge in [0.05, 0.1) is 9.93 Å². The Morgan fingerprint density at radius 1 is 1.39 bits per heavy atom. The second-order valence-electron chi connectivity index (χ2n) is 3.59. The number of amidine groups is 1. The van der Waals surface area contributed by atoms with E-state index in [0.29, 0.717) is 27.0 Å². The maximum absolute atomic E-state index is 11.5. The van der Waals surface area contributed by atoms with Crippen LogP contribution in [0.5, 0.6) is 11.5 Å². The highest BCUT2D eigenvalue weighted by Crippen LogP contribution is 2.38. The molecule has 0 unspecified atom stereocenters. The molecule has 2 heterocycles. The third kappa shape index (κ3) is 1.93. The number of thioether (sulfide) groups is 1. The van der Waals surface area contributed by atoms with E-state index in [4.69, 9.17) is 26.8 Å². The molecular weight excluding hydrogens is 276 g/mol. The predicted molar refractivity (Wildman–Crippen MR) is 69.8 cm³/mol. The monoisotopic (exact) mass is 282 g/mol. The van der Waals surface area contributed by atoms with Gasteiger partial charge in [-0.05, 0) is 29.5 Å². The first-order valence-electron chi connectivity index (χ1n) is 5.00. The van der Waals surface area contributed by atoms with E-state index in [-0.39, 0.29) is 17.9 Å². The summed E-state index contributed by atoms with van der Waals surface area (Å²) in [5, 5.41) is 0.716. The Hall–Kier alpha value is -1.66. The molecule has 0 fully saturated rings. The molecular formula is C11H7ClN2O3S. The largest absolute Gasteiger partial charge is 0.454 e. The van der Waals surface area contributed by atoms with Gasteiger partial charge in [-0.15, -0.1) is 0 Å². The lowest BCUT2D eigenvalue weighted by atomic mass is 10.2. The second-order valence-corrected chi connectivity index (χ2v) is 5.06. The van der Waals surface area contributed by atoms with Crippen LogP contribution >= 0.6 is 23.4 Å². The van der Waals surface area contributed by atoms with Crippen molar-refractivity contribution in [2.24, 2.45) is 10.7 Å². The molecule has 0 aliphatic carbocycles. The smallest absolute Gasteiger partial charge is 0.286 e. The van der Waals surface area contributed by atoms with E-state index in [9.17, 15) is 4.79 Å². The van der Waals surface area contributed by atoms with Gasteiger partial charge in [0.2, 0.25) is 6.79 Å². The zero-order valence-electron chi connectivity index (χ0n) is 8.97. The molecule has 3 rings (SSSR count). The van der Waals surface area contributed by atoms with Crippen molar-refractivity contribution in [2.75, 3.05) is 6.79 Å². The van der Waals surface area contributed by atoms with Crippen LogP contribution in [0.15, 0.2) is 22.0 Å². The molecule has 0 radical (unpaired) electrons. The number of hydrogen-bond acceptors (Lipinski definition) is 5. The van der Waals surface area contributed by atoms with Crippen molar-refractivity contribution in [3.8, 4) is 11.5 Å². The van der Waals surface area contributed by atoms with Crippen LogP contribution in [-0.4, -0.2) is 17.9 Å². The zero-order valence-corrected chi connectivity index (χ0v) is 10.5. The van der Waals surface area contributed by atoms with E-state index in [0.717, 1.165) is 11.8 Å². The summed E-state index contributed by atoms with van der Waals surface area (Å²) in [6.07, 6.45) is 1.64. The van der Waals surface area contributed by atoms with Crippen molar-refractivity contribution in [2.45, 2.75) is 0 Å². The Morgan fingerprint density at radius 3 is 2.78 bits per heavy atom. The molecule has 7 heteroatoms. The molecule has 0 aromatic heterocycles. The fraction of sp³-hybridized carbons (Fsp3) is 0.0909. The van der Waals surface area contributed by atoms with Gasteiger partial charge in [-0.3, -0.25) is 4.79 Å². The summed E-state index contributed by atoms with van der Waals surface area (Å²) in [5.74, 6) is 0.852. The lowest BCUT2D eigenvalue weighted by Gasteiger charge is -2.02. The van der Waals surface area contributed by atoms with Crippen LogP contribution in [0.4, 0.5) is 0 Å².